The number of halogens is 1. The third-order valence-corrected chi connectivity index (χ3v) is 4.52. The number of hydrogen-bond donors (Lipinski definition) is 1. The topological polar surface area (TPSA) is 21.3 Å². The van der Waals surface area contributed by atoms with Gasteiger partial charge in [-0.25, -0.2) is 0 Å². The van der Waals surface area contributed by atoms with Gasteiger partial charge in [0.05, 0.1) is 11.6 Å². The van der Waals surface area contributed by atoms with Crippen LogP contribution in [0.15, 0.2) is 24.3 Å². The number of likely N-dealkylation sites (N-methyl/N-ethyl adjacent to an activating group) is 1. The predicted octanol–water partition coefficient (Wildman–Crippen LogP) is 4.73. The molecule has 0 radical (unpaired) electrons. The first kappa shape index (κ1) is 15.8. The van der Waals surface area contributed by atoms with Crippen molar-refractivity contribution >= 4 is 11.6 Å². The van der Waals surface area contributed by atoms with Crippen molar-refractivity contribution in [2.75, 3.05) is 13.2 Å². The van der Waals surface area contributed by atoms with Crippen molar-refractivity contribution in [1.82, 2.24) is 5.32 Å². The van der Waals surface area contributed by atoms with Gasteiger partial charge >= 0.3 is 0 Å². The molecule has 0 amide bonds. The summed E-state index contributed by atoms with van der Waals surface area (Å²) in [4.78, 5) is 0. The molecular formula is C17H26ClNO. The molecule has 0 bridgehead atoms. The summed E-state index contributed by atoms with van der Waals surface area (Å²) < 4.78 is 6.27. The molecule has 0 heterocycles. The van der Waals surface area contributed by atoms with Gasteiger partial charge in [0.25, 0.3) is 0 Å². The lowest BCUT2D eigenvalue weighted by atomic mass is 9.76. The van der Waals surface area contributed by atoms with Crippen LogP contribution in [-0.2, 0) is 4.74 Å². The maximum atomic E-state index is 6.27. The summed E-state index contributed by atoms with van der Waals surface area (Å²) in [5.74, 6) is 0. The molecule has 1 aromatic carbocycles. The van der Waals surface area contributed by atoms with E-state index < -0.39 is 0 Å². The highest BCUT2D eigenvalue weighted by Crippen LogP contribution is 2.41. The van der Waals surface area contributed by atoms with Crippen LogP contribution in [0.5, 0.6) is 0 Å². The summed E-state index contributed by atoms with van der Waals surface area (Å²) in [6.07, 6.45) is 6.13. The lowest BCUT2D eigenvalue weighted by Gasteiger charge is -2.44. The second kappa shape index (κ2) is 7.44. The molecule has 1 saturated carbocycles. The van der Waals surface area contributed by atoms with Crippen LogP contribution in [0.2, 0.25) is 5.02 Å². The van der Waals surface area contributed by atoms with Crippen molar-refractivity contribution in [1.29, 1.82) is 0 Å². The van der Waals surface area contributed by atoms with Gasteiger partial charge in [-0.05, 0) is 44.0 Å². The molecule has 1 aliphatic rings. The minimum Gasteiger partial charge on any atom is -0.373 e. The Labute approximate surface area is 127 Å². The molecule has 1 fully saturated rings. The lowest BCUT2D eigenvalue weighted by Crippen LogP contribution is -2.47. The average Bonchev–Trinajstić information content (AvgIpc) is 2.47. The van der Waals surface area contributed by atoms with Crippen LogP contribution in [0.1, 0.15) is 57.6 Å². The van der Waals surface area contributed by atoms with E-state index in [2.05, 4.69) is 31.3 Å². The number of hydrogen-bond acceptors (Lipinski definition) is 2. The Bertz CT molecular complexity index is 392. The molecule has 3 heteroatoms. The van der Waals surface area contributed by atoms with Crippen LogP contribution in [0.25, 0.3) is 0 Å². The van der Waals surface area contributed by atoms with Gasteiger partial charge in [-0.3, -0.25) is 0 Å². The summed E-state index contributed by atoms with van der Waals surface area (Å²) in [6.45, 7) is 5.98. The van der Waals surface area contributed by atoms with Crippen molar-refractivity contribution < 1.29 is 4.74 Å². The average molecular weight is 296 g/mol. The van der Waals surface area contributed by atoms with Crippen LogP contribution < -0.4 is 5.32 Å². The van der Waals surface area contributed by atoms with Gasteiger partial charge in [-0.15, -0.1) is 0 Å². The van der Waals surface area contributed by atoms with Crippen LogP contribution in [0.3, 0.4) is 0 Å². The smallest absolute Gasteiger partial charge is 0.0876 e. The Morgan fingerprint density at radius 1 is 1.15 bits per heavy atom. The molecule has 1 unspecified atom stereocenters. The third-order valence-electron chi connectivity index (χ3n) is 4.27. The van der Waals surface area contributed by atoms with Crippen molar-refractivity contribution in [3.05, 3.63) is 34.9 Å². The molecule has 0 saturated heterocycles. The van der Waals surface area contributed by atoms with Crippen LogP contribution >= 0.6 is 11.6 Å². The minimum atomic E-state index is -0.0587. The molecule has 112 valence electrons. The van der Waals surface area contributed by atoms with Crippen LogP contribution in [0.4, 0.5) is 0 Å². The van der Waals surface area contributed by atoms with Gasteiger partial charge < -0.3 is 10.1 Å². The Morgan fingerprint density at radius 3 is 2.35 bits per heavy atom. The van der Waals surface area contributed by atoms with Crippen molar-refractivity contribution in [3.8, 4) is 0 Å². The third kappa shape index (κ3) is 3.55. The van der Waals surface area contributed by atoms with Gasteiger partial charge in [-0.2, -0.15) is 0 Å². The first-order valence-electron chi connectivity index (χ1n) is 7.84. The molecule has 20 heavy (non-hydrogen) atoms. The van der Waals surface area contributed by atoms with E-state index in [0.29, 0.717) is 0 Å². The van der Waals surface area contributed by atoms with Crippen molar-refractivity contribution in [2.45, 2.75) is 57.6 Å². The zero-order valence-electron chi connectivity index (χ0n) is 12.6. The van der Waals surface area contributed by atoms with E-state index in [0.717, 1.165) is 31.0 Å². The monoisotopic (exact) mass is 295 g/mol. The molecule has 1 N–H and O–H groups in total. The summed E-state index contributed by atoms with van der Waals surface area (Å²) in [5, 5.41) is 4.44. The second-order valence-electron chi connectivity index (χ2n) is 5.60. The normalized spacial score (nSPS) is 19.8. The van der Waals surface area contributed by atoms with E-state index in [1.165, 1.54) is 24.8 Å². The fraction of sp³-hybridized carbons (Fsp3) is 0.647. The number of ether oxygens (including phenoxy) is 1. The van der Waals surface area contributed by atoms with E-state index in [4.69, 9.17) is 16.3 Å². The van der Waals surface area contributed by atoms with Crippen molar-refractivity contribution in [3.63, 3.8) is 0 Å². The van der Waals surface area contributed by atoms with E-state index in [1.54, 1.807) is 0 Å². The lowest BCUT2D eigenvalue weighted by molar-refractivity contribution is -0.0909. The van der Waals surface area contributed by atoms with E-state index in [1.807, 2.05) is 12.1 Å². The molecule has 1 aliphatic carbocycles. The Kier molecular flexibility index (Phi) is 5.88. The Balaban J connectivity index is 2.30. The van der Waals surface area contributed by atoms with E-state index >= 15 is 0 Å². The molecule has 2 rings (SSSR count). The molecule has 0 spiro atoms. The molecule has 0 aromatic heterocycles. The zero-order valence-corrected chi connectivity index (χ0v) is 13.4. The van der Waals surface area contributed by atoms with Gasteiger partial charge in [-0.1, -0.05) is 49.9 Å². The molecule has 1 aromatic rings. The number of nitrogens with one attached hydrogen (secondary N) is 1. The fourth-order valence-corrected chi connectivity index (χ4v) is 3.55. The van der Waals surface area contributed by atoms with Gasteiger partial charge in [0.1, 0.15) is 0 Å². The Morgan fingerprint density at radius 2 is 1.80 bits per heavy atom. The number of rotatable bonds is 6. The van der Waals surface area contributed by atoms with Gasteiger partial charge in [0, 0.05) is 11.6 Å². The highest BCUT2D eigenvalue weighted by molar-refractivity contribution is 6.30. The van der Waals surface area contributed by atoms with Crippen molar-refractivity contribution in [2.24, 2.45) is 0 Å². The standard InChI is InChI=1S/C17H26ClNO/c1-3-19-16(14-8-10-15(18)11-9-14)17(20-4-2)12-6-5-7-13-17/h8-11,16,19H,3-7,12-13H2,1-2H3. The van der Waals surface area contributed by atoms with Gasteiger partial charge in [0.15, 0.2) is 0 Å². The van der Waals surface area contributed by atoms with Crippen LogP contribution in [-0.4, -0.2) is 18.8 Å². The molecule has 1 atom stereocenters. The highest BCUT2D eigenvalue weighted by atomic mass is 35.5. The molecular weight excluding hydrogens is 270 g/mol. The summed E-state index contributed by atoms with van der Waals surface area (Å²) in [5.41, 5.74) is 1.23. The first-order chi connectivity index (χ1) is 9.72. The molecule has 0 aliphatic heterocycles. The Hall–Kier alpha value is -0.570. The second-order valence-corrected chi connectivity index (χ2v) is 6.04. The molecule has 2 nitrogen and oxygen atoms in total. The first-order valence-corrected chi connectivity index (χ1v) is 8.22. The zero-order chi connectivity index (χ0) is 14.4. The van der Waals surface area contributed by atoms with Crippen LogP contribution in [0, 0.1) is 0 Å². The minimum absolute atomic E-state index is 0.0587. The van der Waals surface area contributed by atoms with Gasteiger partial charge in [0.2, 0.25) is 0 Å². The maximum Gasteiger partial charge on any atom is 0.0876 e. The van der Waals surface area contributed by atoms with E-state index in [-0.39, 0.29) is 11.6 Å². The maximum absolute atomic E-state index is 6.27. The summed E-state index contributed by atoms with van der Waals surface area (Å²) >= 11 is 6.02. The predicted molar refractivity (Wildman–Crippen MR) is 85.3 cm³/mol. The largest absolute Gasteiger partial charge is 0.373 e. The summed E-state index contributed by atoms with van der Waals surface area (Å²) in [7, 11) is 0. The number of benzene rings is 1. The summed E-state index contributed by atoms with van der Waals surface area (Å²) in [6, 6.07) is 8.47. The fourth-order valence-electron chi connectivity index (χ4n) is 3.42. The van der Waals surface area contributed by atoms with E-state index in [9.17, 15) is 0 Å². The highest BCUT2D eigenvalue weighted by Gasteiger charge is 2.41. The SMILES string of the molecule is CCNC(c1ccc(Cl)cc1)C1(OCC)CCCCC1. The quantitative estimate of drug-likeness (QED) is 0.819.